The Morgan fingerprint density at radius 1 is 1.05 bits per heavy atom. The number of aromatic nitrogens is 2. The van der Waals surface area contributed by atoms with Gasteiger partial charge in [-0.1, -0.05) is 35.5 Å². The number of carbonyl (C=O) groups excluding carboxylic acids is 1. The van der Waals surface area contributed by atoms with E-state index in [-0.39, 0.29) is 30.7 Å². The average Bonchev–Trinajstić information content (AvgIpc) is 3.40. The molecule has 2 bridgehead atoms. The van der Waals surface area contributed by atoms with Crippen LogP contribution in [0.15, 0.2) is 59.4 Å². The van der Waals surface area contributed by atoms with E-state index >= 15 is 0 Å². The van der Waals surface area contributed by atoms with E-state index in [4.69, 9.17) is 9.26 Å². The van der Waals surface area contributed by atoms with E-state index in [1.54, 1.807) is 0 Å². The van der Waals surface area contributed by atoms with Crippen LogP contribution in [0.5, 0.6) is 0 Å². The summed E-state index contributed by atoms with van der Waals surface area (Å²) in [5.41, 5.74) is -3.76. The molecule has 0 spiro atoms. The number of ether oxygens (including phenoxy) is 1. The molecule has 1 unspecified atom stereocenters. The molecule has 0 saturated carbocycles. The van der Waals surface area contributed by atoms with Gasteiger partial charge in [0.15, 0.2) is 5.82 Å². The van der Waals surface area contributed by atoms with Crippen LogP contribution in [0.2, 0.25) is 0 Å². The molecule has 2 fully saturated rings. The molecule has 1 aromatic heterocycles. The predicted octanol–water partition coefficient (Wildman–Crippen LogP) is 5.29. The first kappa shape index (κ1) is 28.1. The largest absolute Gasteiger partial charge is 0.416 e. The molecule has 2 aliphatic heterocycles. The number of hydrogen-bond donors (Lipinski definition) is 1. The zero-order valence-corrected chi connectivity index (χ0v) is 21.4. The summed E-state index contributed by atoms with van der Waals surface area (Å²) in [4.78, 5) is 18.9. The summed E-state index contributed by atoms with van der Waals surface area (Å²) < 4.78 is 91.6. The van der Waals surface area contributed by atoms with Gasteiger partial charge in [0.25, 0.3) is 0 Å². The molecule has 0 radical (unpaired) electrons. The Morgan fingerprint density at radius 2 is 1.73 bits per heavy atom. The second-order valence-electron chi connectivity index (χ2n) is 10.4. The van der Waals surface area contributed by atoms with Gasteiger partial charge >= 0.3 is 12.4 Å². The number of nitrogens with zero attached hydrogens (tertiary/aromatic N) is 3. The summed E-state index contributed by atoms with van der Waals surface area (Å²) in [6.45, 7) is 1.78. The fourth-order valence-corrected chi connectivity index (χ4v) is 5.67. The molecule has 3 aromatic rings. The first-order valence-electron chi connectivity index (χ1n) is 12.6. The molecule has 40 heavy (non-hydrogen) atoms. The summed E-state index contributed by atoms with van der Waals surface area (Å²) in [6, 6.07) is 10.7. The maximum absolute atomic E-state index is 13.4. The molecule has 3 heterocycles. The van der Waals surface area contributed by atoms with Crippen LogP contribution >= 0.6 is 0 Å². The van der Waals surface area contributed by atoms with Crippen molar-refractivity contribution in [3.8, 4) is 0 Å². The number of piperazine rings is 1. The Kier molecular flexibility index (Phi) is 7.15. The van der Waals surface area contributed by atoms with Gasteiger partial charge < -0.3 is 14.6 Å². The Hall–Kier alpha value is -3.45. The van der Waals surface area contributed by atoms with Gasteiger partial charge in [0, 0.05) is 13.0 Å². The van der Waals surface area contributed by atoms with E-state index in [1.165, 1.54) is 13.3 Å². The van der Waals surface area contributed by atoms with Gasteiger partial charge in [-0.05, 0) is 49.1 Å². The highest BCUT2D eigenvalue weighted by Gasteiger charge is 2.53. The van der Waals surface area contributed by atoms with Gasteiger partial charge in [-0.15, -0.1) is 0 Å². The molecule has 5 rings (SSSR count). The van der Waals surface area contributed by atoms with E-state index in [0.717, 1.165) is 5.56 Å². The highest BCUT2D eigenvalue weighted by atomic mass is 19.4. The van der Waals surface area contributed by atoms with Crippen molar-refractivity contribution in [3.63, 3.8) is 0 Å². The van der Waals surface area contributed by atoms with Crippen LogP contribution in [0.3, 0.4) is 0 Å². The Morgan fingerprint density at radius 3 is 2.33 bits per heavy atom. The summed E-state index contributed by atoms with van der Waals surface area (Å²) in [7, 11) is 0. The quantitative estimate of drug-likeness (QED) is 0.391. The van der Waals surface area contributed by atoms with E-state index < -0.39 is 40.7 Å². The highest BCUT2D eigenvalue weighted by molar-refractivity contribution is 5.80. The molecule has 2 aliphatic rings. The number of hydrogen-bond acceptors (Lipinski definition) is 6. The van der Waals surface area contributed by atoms with Crippen LogP contribution in [-0.2, 0) is 33.8 Å². The molecule has 7 nitrogen and oxygen atoms in total. The Balaban J connectivity index is 1.45. The first-order chi connectivity index (χ1) is 18.8. The lowest BCUT2D eigenvalue weighted by atomic mass is 9.72. The van der Waals surface area contributed by atoms with E-state index in [0.29, 0.717) is 43.8 Å². The van der Waals surface area contributed by atoms with Gasteiger partial charge in [-0.2, -0.15) is 31.3 Å². The van der Waals surface area contributed by atoms with Crippen LogP contribution in [0.1, 0.15) is 53.9 Å². The van der Waals surface area contributed by atoms with Crippen molar-refractivity contribution in [2.24, 2.45) is 0 Å². The molecule has 4 atom stereocenters. The number of amides is 1. The minimum absolute atomic E-state index is 0.0302. The minimum atomic E-state index is -4.96. The summed E-state index contributed by atoms with van der Waals surface area (Å²) >= 11 is 0. The van der Waals surface area contributed by atoms with E-state index in [9.17, 15) is 31.1 Å². The van der Waals surface area contributed by atoms with Crippen molar-refractivity contribution in [2.75, 3.05) is 19.7 Å². The van der Waals surface area contributed by atoms with Gasteiger partial charge in [0.05, 0.1) is 41.5 Å². The second-order valence-corrected chi connectivity index (χ2v) is 10.4. The molecule has 1 amide bonds. The zero-order valence-electron chi connectivity index (χ0n) is 21.4. The normalized spacial score (nSPS) is 25.9. The molecular formula is C27H26F6N4O3. The van der Waals surface area contributed by atoms with Crippen molar-refractivity contribution in [1.82, 2.24) is 20.4 Å². The third-order valence-electron chi connectivity index (χ3n) is 7.72. The van der Waals surface area contributed by atoms with Gasteiger partial charge in [0.1, 0.15) is 0 Å². The van der Waals surface area contributed by atoms with E-state index in [1.807, 2.05) is 35.2 Å². The number of halogens is 6. The predicted molar refractivity (Wildman–Crippen MR) is 129 cm³/mol. The van der Waals surface area contributed by atoms with Crippen molar-refractivity contribution >= 4 is 5.91 Å². The molecular weight excluding hydrogens is 542 g/mol. The number of rotatable bonds is 7. The summed E-state index contributed by atoms with van der Waals surface area (Å²) in [5.74, 6) is 0.208. The maximum atomic E-state index is 13.4. The number of piperidine rings is 1. The smallest absolute Gasteiger partial charge is 0.372 e. The molecule has 1 N–H and O–H groups in total. The third kappa shape index (κ3) is 5.57. The first-order valence-corrected chi connectivity index (χ1v) is 12.6. The standard InChI is InChI=1S/C27H26F6N4O3/c1-17(18-9-20(26(28,29)30)11-21(10-18)27(31,32)33)39-15-25(19-5-3-2-4-6-19)8-7-24(12-22-34-16-40-36-22)14-37(25)13-23(38)35-24/h2-6,9-11,16-17H,7-8,12-15H2,1H3,(H,35,38)/t17-,24+,25-/m1/s1. The molecule has 13 heteroatoms. The average molecular weight is 569 g/mol. The number of nitrogens with one attached hydrogen (secondary N) is 1. The van der Waals surface area contributed by atoms with Crippen molar-refractivity contribution in [3.05, 3.63) is 83.0 Å². The highest BCUT2D eigenvalue weighted by Crippen LogP contribution is 2.45. The van der Waals surface area contributed by atoms with Crippen LogP contribution in [0.4, 0.5) is 26.3 Å². The fourth-order valence-electron chi connectivity index (χ4n) is 5.67. The van der Waals surface area contributed by atoms with Crippen LogP contribution in [0.25, 0.3) is 0 Å². The minimum Gasteiger partial charge on any atom is -0.372 e. The number of benzene rings is 2. The summed E-state index contributed by atoms with van der Waals surface area (Å²) in [5, 5.41) is 6.94. The van der Waals surface area contributed by atoms with Gasteiger partial charge in [-0.3, -0.25) is 9.69 Å². The van der Waals surface area contributed by atoms with Crippen LogP contribution < -0.4 is 5.32 Å². The SMILES string of the molecule is C[C@@H](OC[C@@]1(c2ccccc2)CC[C@]2(Cc3ncon3)CN1CC(=O)N2)c1cc(C(F)(F)F)cc(C(F)(F)F)c1. The van der Waals surface area contributed by atoms with Crippen molar-refractivity contribution < 1.29 is 40.4 Å². The van der Waals surface area contributed by atoms with Crippen molar-refractivity contribution in [2.45, 2.75) is 55.7 Å². The van der Waals surface area contributed by atoms with Crippen molar-refractivity contribution in [1.29, 1.82) is 0 Å². The monoisotopic (exact) mass is 568 g/mol. The zero-order chi connectivity index (χ0) is 28.8. The van der Waals surface area contributed by atoms with Crippen LogP contribution in [0, 0.1) is 0 Å². The lowest BCUT2D eigenvalue weighted by Gasteiger charge is -2.57. The molecule has 2 saturated heterocycles. The number of carbonyl (C=O) groups is 1. The lowest BCUT2D eigenvalue weighted by Crippen LogP contribution is -2.72. The number of alkyl halides is 6. The fraction of sp³-hybridized carbons (Fsp3) is 0.444. The Bertz CT molecular complexity index is 1320. The van der Waals surface area contributed by atoms with Gasteiger partial charge in [0.2, 0.25) is 12.3 Å². The summed E-state index contributed by atoms with van der Waals surface area (Å²) in [6.07, 6.45) is -8.51. The second kappa shape index (κ2) is 10.2. The molecule has 2 aromatic carbocycles. The van der Waals surface area contributed by atoms with E-state index in [2.05, 4.69) is 15.5 Å². The number of fused-ring (bicyclic) bond motifs is 2. The Labute approximate surface area is 225 Å². The molecule has 214 valence electrons. The maximum Gasteiger partial charge on any atom is 0.416 e. The lowest BCUT2D eigenvalue weighted by molar-refractivity contribution is -0.143. The third-order valence-corrected chi connectivity index (χ3v) is 7.72. The topological polar surface area (TPSA) is 80.5 Å². The van der Waals surface area contributed by atoms with Crippen LogP contribution in [-0.4, -0.2) is 46.2 Å². The molecule has 0 aliphatic carbocycles. The van der Waals surface area contributed by atoms with Gasteiger partial charge in [-0.25, -0.2) is 0 Å².